The van der Waals surface area contributed by atoms with Gasteiger partial charge in [0.25, 0.3) is 5.91 Å². The predicted octanol–water partition coefficient (Wildman–Crippen LogP) is 2.15. The van der Waals surface area contributed by atoms with Crippen molar-refractivity contribution in [3.8, 4) is 5.75 Å². The Balaban J connectivity index is 1.50. The van der Waals surface area contributed by atoms with Gasteiger partial charge >= 0.3 is 5.97 Å². The molecule has 1 fully saturated rings. The SMILES string of the molecule is COc1ccc(CCC(=O)Nc2ccccc2C(=O)OCC(=O)N2CCC(C(N)=O)CC2)cc1. The smallest absolute Gasteiger partial charge is 0.340 e. The summed E-state index contributed by atoms with van der Waals surface area (Å²) in [6.45, 7) is 0.371. The highest BCUT2D eigenvalue weighted by molar-refractivity contribution is 6.01. The molecule has 0 bridgehead atoms. The molecule has 9 nitrogen and oxygen atoms in total. The quantitative estimate of drug-likeness (QED) is 0.544. The number of ether oxygens (including phenoxy) is 2. The second-order valence-corrected chi connectivity index (χ2v) is 8.08. The van der Waals surface area contributed by atoms with Gasteiger partial charge in [-0.1, -0.05) is 24.3 Å². The molecule has 0 aliphatic carbocycles. The first kappa shape index (κ1) is 24.8. The third-order valence-corrected chi connectivity index (χ3v) is 5.80. The Labute approximate surface area is 198 Å². The van der Waals surface area contributed by atoms with E-state index in [1.54, 1.807) is 30.2 Å². The van der Waals surface area contributed by atoms with Crippen LogP contribution in [-0.4, -0.2) is 55.4 Å². The molecule has 34 heavy (non-hydrogen) atoms. The Morgan fingerprint density at radius 1 is 1.03 bits per heavy atom. The molecule has 0 spiro atoms. The highest BCUT2D eigenvalue weighted by atomic mass is 16.5. The van der Waals surface area contributed by atoms with E-state index in [2.05, 4.69) is 5.32 Å². The molecule has 180 valence electrons. The minimum Gasteiger partial charge on any atom is -0.497 e. The molecule has 1 saturated heterocycles. The number of amides is 3. The number of carbonyl (C=O) groups excluding carboxylic acids is 4. The molecule has 1 aliphatic heterocycles. The summed E-state index contributed by atoms with van der Waals surface area (Å²) in [4.78, 5) is 50.3. The van der Waals surface area contributed by atoms with Crippen LogP contribution in [0, 0.1) is 5.92 Å². The number of aryl methyl sites for hydroxylation is 1. The van der Waals surface area contributed by atoms with Crippen LogP contribution in [0.15, 0.2) is 48.5 Å². The molecule has 3 amide bonds. The monoisotopic (exact) mass is 467 g/mol. The summed E-state index contributed by atoms with van der Waals surface area (Å²) >= 11 is 0. The number of carbonyl (C=O) groups is 4. The number of nitrogens with two attached hydrogens (primary N) is 1. The van der Waals surface area contributed by atoms with E-state index in [0.29, 0.717) is 38.0 Å². The normalized spacial score (nSPS) is 13.7. The molecular weight excluding hydrogens is 438 g/mol. The largest absolute Gasteiger partial charge is 0.497 e. The first-order valence-corrected chi connectivity index (χ1v) is 11.1. The van der Waals surface area contributed by atoms with Crippen molar-refractivity contribution >= 4 is 29.4 Å². The number of rotatable bonds is 9. The molecule has 0 saturated carbocycles. The number of nitrogens with zero attached hydrogens (tertiary/aromatic N) is 1. The Hall–Kier alpha value is -3.88. The van der Waals surface area contributed by atoms with E-state index in [-0.39, 0.29) is 35.6 Å². The lowest BCUT2D eigenvalue weighted by Gasteiger charge is -2.30. The number of hydrogen-bond acceptors (Lipinski definition) is 6. The fraction of sp³-hybridized carbons (Fsp3) is 0.360. The van der Waals surface area contributed by atoms with Crippen LogP contribution in [0.2, 0.25) is 0 Å². The van der Waals surface area contributed by atoms with Crippen LogP contribution in [0.1, 0.15) is 35.2 Å². The van der Waals surface area contributed by atoms with Gasteiger partial charge in [-0.05, 0) is 49.1 Å². The van der Waals surface area contributed by atoms with Crippen molar-refractivity contribution in [2.75, 3.05) is 32.1 Å². The number of para-hydroxylation sites is 1. The summed E-state index contributed by atoms with van der Waals surface area (Å²) in [6, 6.07) is 13.9. The Bertz CT molecular complexity index is 1030. The fourth-order valence-corrected chi connectivity index (χ4v) is 3.74. The van der Waals surface area contributed by atoms with Crippen LogP contribution in [0.5, 0.6) is 5.75 Å². The molecule has 1 heterocycles. The minimum atomic E-state index is -0.702. The van der Waals surface area contributed by atoms with Crippen LogP contribution in [0.3, 0.4) is 0 Å². The van der Waals surface area contributed by atoms with Gasteiger partial charge in [0.05, 0.1) is 18.4 Å². The van der Waals surface area contributed by atoms with Crippen LogP contribution >= 0.6 is 0 Å². The minimum absolute atomic E-state index is 0.167. The predicted molar refractivity (Wildman–Crippen MR) is 125 cm³/mol. The highest BCUT2D eigenvalue weighted by Gasteiger charge is 2.26. The maximum atomic E-state index is 12.6. The zero-order valence-electron chi connectivity index (χ0n) is 19.1. The van der Waals surface area contributed by atoms with Crippen molar-refractivity contribution in [1.82, 2.24) is 4.90 Å². The summed E-state index contributed by atoms with van der Waals surface area (Å²) in [5.41, 5.74) is 6.79. The Kier molecular flexibility index (Phi) is 8.61. The number of nitrogens with one attached hydrogen (secondary N) is 1. The zero-order valence-corrected chi connectivity index (χ0v) is 19.1. The fourth-order valence-electron chi connectivity index (χ4n) is 3.74. The van der Waals surface area contributed by atoms with Crippen LogP contribution in [-0.2, 0) is 25.5 Å². The zero-order chi connectivity index (χ0) is 24.5. The van der Waals surface area contributed by atoms with Crippen LogP contribution in [0.25, 0.3) is 0 Å². The van der Waals surface area contributed by atoms with Crippen molar-refractivity contribution in [2.45, 2.75) is 25.7 Å². The molecule has 2 aromatic carbocycles. The van der Waals surface area contributed by atoms with Crippen molar-refractivity contribution in [2.24, 2.45) is 11.7 Å². The van der Waals surface area contributed by atoms with Crippen molar-refractivity contribution in [1.29, 1.82) is 0 Å². The van der Waals surface area contributed by atoms with Gasteiger partial charge in [-0.3, -0.25) is 14.4 Å². The average molecular weight is 468 g/mol. The average Bonchev–Trinajstić information content (AvgIpc) is 2.86. The van der Waals surface area contributed by atoms with Crippen molar-refractivity contribution in [3.63, 3.8) is 0 Å². The van der Waals surface area contributed by atoms with E-state index in [0.717, 1.165) is 11.3 Å². The second-order valence-electron chi connectivity index (χ2n) is 8.08. The van der Waals surface area contributed by atoms with E-state index < -0.39 is 12.6 Å². The van der Waals surface area contributed by atoms with Crippen molar-refractivity contribution < 1.29 is 28.7 Å². The van der Waals surface area contributed by atoms with E-state index in [1.165, 1.54) is 6.07 Å². The van der Waals surface area contributed by atoms with Gasteiger partial charge in [-0.2, -0.15) is 0 Å². The Morgan fingerprint density at radius 3 is 2.35 bits per heavy atom. The number of primary amides is 1. The van der Waals surface area contributed by atoms with Crippen LogP contribution < -0.4 is 15.8 Å². The maximum absolute atomic E-state index is 12.6. The lowest BCUT2D eigenvalue weighted by atomic mass is 9.96. The van der Waals surface area contributed by atoms with Gasteiger partial charge in [0.2, 0.25) is 11.8 Å². The van der Waals surface area contributed by atoms with Crippen LogP contribution in [0.4, 0.5) is 5.69 Å². The summed E-state index contributed by atoms with van der Waals surface area (Å²) in [6.07, 6.45) is 1.76. The lowest BCUT2D eigenvalue weighted by molar-refractivity contribution is -0.137. The molecule has 0 aromatic heterocycles. The molecule has 2 aromatic rings. The lowest BCUT2D eigenvalue weighted by Crippen LogP contribution is -2.43. The third kappa shape index (κ3) is 6.81. The van der Waals surface area contributed by atoms with E-state index in [9.17, 15) is 19.2 Å². The standard InChI is InChI=1S/C25H29N3O6/c1-33-19-9-6-17(7-10-19)8-11-22(29)27-21-5-3-2-4-20(21)25(32)34-16-23(30)28-14-12-18(13-15-28)24(26)31/h2-7,9-10,18H,8,11-16H2,1H3,(H2,26,31)(H,27,29). The number of benzene rings is 2. The van der Waals surface area contributed by atoms with Crippen molar-refractivity contribution in [3.05, 3.63) is 59.7 Å². The number of anilines is 1. The molecule has 3 rings (SSSR count). The molecular formula is C25H29N3O6. The summed E-state index contributed by atoms with van der Waals surface area (Å²) < 4.78 is 10.3. The number of hydrogen-bond donors (Lipinski definition) is 2. The molecule has 0 unspecified atom stereocenters. The second kappa shape index (κ2) is 11.8. The number of esters is 1. The van der Waals surface area contributed by atoms with Gasteiger partial charge in [-0.25, -0.2) is 4.79 Å². The van der Waals surface area contributed by atoms with E-state index in [1.807, 2.05) is 24.3 Å². The van der Waals surface area contributed by atoms with E-state index >= 15 is 0 Å². The topological polar surface area (TPSA) is 128 Å². The van der Waals surface area contributed by atoms with Gasteiger partial charge in [0, 0.05) is 25.4 Å². The van der Waals surface area contributed by atoms with E-state index in [4.69, 9.17) is 15.2 Å². The number of piperidine rings is 1. The van der Waals surface area contributed by atoms with Gasteiger partial charge in [0.1, 0.15) is 5.75 Å². The first-order valence-electron chi connectivity index (χ1n) is 11.1. The molecule has 0 atom stereocenters. The summed E-state index contributed by atoms with van der Waals surface area (Å²) in [5.74, 6) is -1.13. The highest BCUT2D eigenvalue weighted by Crippen LogP contribution is 2.19. The van der Waals surface area contributed by atoms with Gasteiger partial charge in [0.15, 0.2) is 6.61 Å². The number of likely N-dealkylation sites (tertiary alicyclic amines) is 1. The molecule has 3 N–H and O–H groups in total. The Morgan fingerprint density at radius 2 is 1.71 bits per heavy atom. The van der Waals surface area contributed by atoms with Gasteiger partial charge < -0.3 is 25.4 Å². The molecule has 9 heteroatoms. The molecule has 0 radical (unpaired) electrons. The summed E-state index contributed by atoms with van der Waals surface area (Å²) in [5, 5.41) is 2.75. The first-order chi connectivity index (χ1) is 16.4. The number of methoxy groups -OCH3 is 1. The van der Waals surface area contributed by atoms with Gasteiger partial charge in [-0.15, -0.1) is 0 Å². The summed E-state index contributed by atoms with van der Waals surface area (Å²) in [7, 11) is 1.59. The molecule has 1 aliphatic rings. The maximum Gasteiger partial charge on any atom is 0.340 e. The third-order valence-electron chi connectivity index (χ3n) is 5.80.